The van der Waals surface area contributed by atoms with E-state index < -0.39 is 0 Å². The molecular formula is C12H19NO. The highest BCUT2D eigenvalue weighted by atomic mass is 16.3. The summed E-state index contributed by atoms with van der Waals surface area (Å²) in [5.74, 6) is 0. The Morgan fingerprint density at radius 1 is 1.29 bits per heavy atom. The normalized spacial score (nSPS) is 15.1. The van der Waals surface area contributed by atoms with Crippen molar-refractivity contribution in [3.63, 3.8) is 0 Å². The Labute approximate surface area is 86.0 Å². The summed E-state index contributed by atoms with van der Waals surface area (Å²) in [5.41, 5.74) is 1.26. The van der Waals surface area contributed by atoms with Crippen LogP contribution < -0.4 is 5.32 Å². The zero-order valence-electron chi connectivity index (χ0n) is 8.90. The number of hydrogen-bond acceptors (Lipinski definition) is 2. The van der Waals surface area contributed by atoms with E-state index in [-0.39, 0.29) is 12.6 Å². The number of aliphatic hydroxyl groups excluding tert-OH is 1. The summed E-state index contributed by atoms with van der Waals surface area (Å²) in [6, 6.07) is 10.8. The Kier molecular flexibility index (Phi) is 4.63. The van der Waals surface area contributed by atoms with Crippen molar-refractivity contribution in [3.05, 3.63) is 35.9 Å². The third kappa shape index (κ3) is 3.13. The van der Waals surface area contributed by atoms with Gasteiger partial charge in [0, 0.05) is 12.1 Å². The lowest BCUT2D eigenvalue weighted by Gasteiger charge is -2.20. The minimum absolute atomic E-state index is 0.199. The first-order chi connectivity index (χ1) is 6.77. The van der Waals surface area contributed by atoms with Crippen LogP contribution in [0.4, 0.5) is 0 Å². The molecule has 0 amide bonds. The molecular weight excluding hydrogens is 174 g/mol. The van der Waals surface area contributed by atoms with E-state index in [4.69, 9.17) is 5.11 Å². The van der Waals surface area contributed by atoms with E-state index in [1.807, 2.05) is 18.2 Å². The quantitative estimate of drug-likeness (QED) is 0.750. The molecule has 1 aromatic rings. The Morgan fingerprint density at radius 2 is 1.93 bits per heavy atom. The van der Waals surface area contributed by atoms with Crippen LogP contribution in [0.5, 0.6) is 0 Å². The van der Waals surface area contributed by atoms with Crippen LogP contribution in [0.15, 0.2) is 30.3 Å². The number of hydrogen-bond donors (Lipinski definition) is 2. The Bertz CT molecular complexity index is 244. The molecule has 0 saturated heterocycles. The number of aliphatic hydroxyl groups is 1. The first-order valence-electron chi connectivity index (χ1n) is 5.19. The van der Waals surface area contributed by atoms with Gasteiger partial charge in [-0.1, -0.05) is 37.3 Å². The SMILES string of the molecule is CC[C@@H](CO)NC(C)c1ccccc1. The van der Waals surface area contributed by atoms with Gasteiger partial charge in [0.15, 0.2) is 0 Å². The molecule has 0 aliphatic carbocycles. The molecule has 1 unspecified atom stereocenters. The molecule has 2 atom stereocenters. The average Bonchev–Trinajstić information content (AvgIpc) is 2.26. The van der Waals surface area contributed by atoms with E-state index in [1.165, 1.54) is 5.56 Å². The molecule has 0 saturated carbocycles. The van der Waals surface area contributed by atoms with E-state index in [0.29, 0.717) is 6.04 Å². The molecule has 0 fully saturated rings. The molecule has 0 spiro atoms. The van der Waals surface area contributed by atoms with E-state index in [9.17, 15) is 0 Å². The Morgan fingerprint density at radius 3 is 2.43 bits per heavy atom. The second-order valence-electron chi connectivity index (χ2n) is 3.59. The molecule has 0 aromatic heterocycles. The summed E-state index contributed by atoms with van der Waals surface area (Å²) < 4.78 is 0. The second kappa shape index (κ2) is 5.78. The predicted octanol–water partition coefficient (Wildman–Crippen LogP) is 2.11. The Hall–Kier alpha value is -0.860. The first-order valence-corrected chi connectivity index (χ1v) is 5.19. The topological polar surface area (TPSA) is 32.3 Å². The van der Waals surface area contributed by atoms with Crippen molar-refractivity contribution in [2.75, 3.05) is 6.61 Å². The monoisotopic (exact) mass is 193 g/mol. The minimum atomic E-state index is 0.199. The van der Waals surface area contributed by atoms with Crippen LogP contribution in [0.25, 0.3) is 0 Å². The highest BCUT2D eigenvalue weighted by molar-refractivity contribution is 5.18. The fraction of sp³-hybridized carbons (Fsp3) is 0.500. The number of rotatable bonds is 5. The van der Waals surface area contributed by atoms with Crippen LogP contribution in [0, 0.1) is 0 Å². The van der Waals surface area contributed by atoms with Crippen molar-refractivity contribution in [2.24, 2.45) is 0 Å². The van der Waals surface area contributed by atoms with E-state index in [2.05, 4.69) is 31.3 Å². The number of benzene rings is 1. The molecule has 1 rings (SSSR count). The van der Waals surface area contributed by atoms with Gasteiger partial charge in [-0.2, -0.15) is 0 Å². The maximum absolute atomic E-state index is 9.06. The molecule has 2 N–H and O–H groups in total. The molecule has 2 nitrogen and oxygen atoms in total. The summed E-state index contributed by atoms with van der Waals surface area (Å²) >= 11 is 0. The summed E-state index contributed by atoms with van der Waals surface area (Å²) in [5, 5.41) is 12.4. The molecule has 0 heterocycles. The third-order valence-electron chi connectivity index (χ3n) is 2.50. The highest BCUT2D eigenvalue weighted by Crippen LogP contribution is 2.12. The molecule has 78 valence electrons. The van der Waals surface area contributed by atoms with Crippen LogP contribution in [-0.2, 0) is 0 Å². The van der Waals surface area contributed by atoms with Gasteiger partial charge in [0.2, 0.25) is 0 Å². The van der Waals surface area contributed by atoms with Gasteiger partial charge < -0.3 is 10.4 Å². The molecule has 0 aliphatic rings. The van der Waals surface area contributed by atoms with E-state index in [1.54, 1.807) is 0 Å². The van der Waals surface area contributed by atoms with Gasteiger partial charge in [0.25, 0.3) is 0 Å². The molecule has 14 heavy (non-hydrogen) atoms. The van der Waals surface area contributed by atoms with Gasteiger partial charge in [-0.3, -0.25) is 0 Å². The van der Waals surface area contributed by atoms with E-state index >= 15 is 0 Å². The fourth-order valence-electron chi connectivity index (χ4n) is 1.49. The van der Waals surface area contributed by atoms with Crippen molar-refractivity contribution in [2.45, 2.75) is 32.4 Å². The maximum Gasteiger partial charge on any atom is 0.0584 e. The maximum atomic E-state index is 9.06. The first kappa shape index (κ1) is 11.2. The number of nitrogens with one attached hydrogen (secondary N) is 1. The Balaban J connectivity index is 2.54. The van der Waals surface area contributed by atoms with Crippen LogP contribution in [-0.4, -0.2) is 17.8 Å². The fourth-order valence-corrected chi connectivity index (χ4v) is 1.49. The van der Waals surface area contributed by atoms with Gasteiger partial charge in [-0.05, 0) is 18.9 Å². The smallest absolute Gasteiger partial charge is 0.0584 e. The van der Waals surface area contributed by atoms with Crippen molar-refractivity contribution in [1.29, 1.82) is 0 Å². The standard InChI is InChI=1S/C12H19NO/c1-3-12(9-14)13-10(2)11-7-5-4-6-8-11/h4-8,10,12-14H,3,9H2,1-2H3/t10?,12-/m0/s1. The van der Waals surface area contributed by atoms with Gasteiger partial charge in [0.05, 0.1) is 6.61 Å². The molecule has 0 bridgehead atoms. The van der Waals surface area contributed by atoms with Gasteiger partial charge in [-0.15, -0.1) is 0 Å². The largest absolute Gasteiger partial charge is 0.395 e. The molecule has 0 radical (unpaired) electrons. The lowest BCUT2D eigenvalue weighted by molar-refractivity contribution is 0.230. The van der Waals surface area contributed by atoms with Crippen LogP contribution in [0.1, 0.15) is 31.9 Å². The third-order valence-corrected chi connectivity index (χ3v) is 2.50. The predicted molar refractivity (Wildman–Crippen MR) is 59.2 cm³/mol. The van der Waals surface area contributed by atoms with E-state index in [0.717, 1.165) is 6.42 Å². The summed E-state index contributed by atoms with van der Waals surface area (Å²) in [6.45, 7) is 4.40. The van der Waals surface area contributed by atoms with Crippen molar-refractivity contribution < 1.29 is 5.11 Å². The summed E-state index contributed by atoms with van der Waals surface area (Å²) in [7, 11) is 0. The zero-order valence-corrected chi connectivity index (χ0v) is 8.90. The minimum Gasteiger partial charge on any atom is -0.395 e. The van der Waals surface area contributed by atoms with Gasteiger partial charge in [0.1, 0.15) is 0 Å². The average molecular weight is 193 g/mol. The lowest BCUT2D eigenvalue weighted by atomic mass is 10.1. The second-order valence-corrected chi connectivity index (χ2v) is 3.59. The van der Waals surface area contributed by atoms with Gasteiger partial charge >= 0.3 is 0 Å². The zero-order chi connectivity index (χ0) is 10.4. The highest BCUT2D eigenvalue weighted by Gasteiger charge is 2.09. The van der Waals surface area contributed by atoms with Crippen LogP contribution in [0.2, 0.25) is 0 Å². The lowest BCUT2D eigenvalue weighted by Crippen LogP contribution is -2.33. The summed E-state index contributed by atoms with van der Waals surface area (Å²) in [6.07, 6.45) is 0.952. The van der Waals surface area contributed by atoms with Crippen LogP contribution in [0.3, 0.4) is 0 Å². The van der Waals surface area contributed by atoms with Crippen molar-refractivity contribution >= 4 is 0 Å². The molecule has 1 aromatic carbocycles. The van der Waals surface area contributed by atoms with Crippen molar-refractivity contribution in [3.8, 4) is 0 Å². The van der Waals surface area contributed by atoms with Crippen LogP contribution >= 0.6 is 0 Å². The molecule has 0 aliphatic heterocycles. The van der Waals surface area contributed by atoms with Crippen molar-refractivity contribution in [1.82, 2.24) is 5.32 Å². The van der Waals surface area contributed by atoms with Gasteiger partial charge in [-0.25, -0.2) is 0 Å². The molecule has 2 heteroatoms. The summed E-state index contributed by atoms with van der Waals surface area (Å²) in [4.78, 5) is 0.